The summed E-state index contributed by atoms with van der Waals surface area (Å²) in [4.78, 5) is 34.3. The van der Waals surface area contributed by atoms with Crippen molar-refractivity contribution in [1.29, 1.82) is 0 Å². The molecule has 10 heteroatoms. The van der Waals surface area contributed by atoms with Crippen LogP contribution in [0.25, 0.3) is 0 Å². The number of nitrogens with two attached hydrogens (primary N) is 1. The van der Waals surface area contributed by atoms with E-state index in [1.165, 1.54) is 4.90 Å². The molecule has 2 rings (SSSR count). The molecule has 2 aliphatic rings. The number of fused-ring (bicyclic) bond motifs is 1. The van der Waals surface area contributed by atoms with Crippen molar-refractivity contribution in [2.45, 2.75) is 57.8 Å². The number of rotatable bonds is 4. The van der Waals surface area contributed by atoms with Crippen molar-refractivity contribution in [3.8, 4) is 0 Å². The zero-order valence-corrected chi connectivity index (χ0v) is 14.7. The Balaban J connectivity index is 0.000000412. The quantitative estimate of drug-likeness (QED) is 0.681. The summed E-state index contributed by atoms with van der Waals surface area (Å²) in [5, 5.41) is 16.5. The first-order chi connectivity index (χ1) is 11.9. The molecule has 7 nitrogen and oxygen atoms in total. The van der Waals surface area contributed by atoms with E-state index in [-0.39, 0.29) is 17.7 Å². The fourth-order valence-corrected chi connectivity index (χ4v) is 3.54. The van der Waals surface area contributed by atoms with E-state index in [0.29, 0.717) is 12.5 Å². The highest BCUT2D eigenvalue weighted by Gasteiger charge is 2.50. The number of halogens is 3. The number of carbonyl (C=O) groups is 3. The third-order valence-electron chi connectivity index (χ3n) is 5.21. The molecular formula is C16H25F3N2O5. The average molecular weight is 382 g/mol. The zero-order valence-electron chi connectivity index (χ0n) is 14.7. The van der Waals surface area contributed by atoms with Crippen molar-refractivity contribution in [1.82, 2.24) is 4.90 Å². The van der Waals surface area contributed by atoms with Crippen LogP contribution in [0.1, 0.15) is 39.5 Å². The summed E-state index contributed by atoms with van der Waals surface area (Å²) in [6, 6.07) is -1.24. The van der Waals surface area contributed by atoms with E-state index in [2.05, 4.69) is 0 Å². The second-order valence-electron chi connectivity index (χ2n) is 6.84. The molecule has 1 heterocycles. The predicted octanol–water partition coefficient (Wildman–Crippen LogP) is 1.70. The molecule has 0 aromatic rings. The number of carbonyl (C=O) groups excluding carboxylic acids is 1. The lowest BCUT2D eigenvalue weighted by molar-refractivity contribution is -0.192. The van der Waals surface area contributed by atoms with Gasteiger partial charge in [0.25, 0.3) is 0 Å². The van der Waals surface area contributed by atoms with Gasteiger partial charge in [0.2, 0.25) is 5.91 Å². The van der Waals surface area contributed by atoms with Gasteiger partial charge in [0.15, 0.2) is 0 Å². The Hall–Kier alpha value is -1.84. The fourth-order valence-electron chi connectivity index (χ4n) is 3.54. The number of hydrogen-bond donors (Lipinski definition) is 3. The van der Waals surface area contributed by atoms with Gasteiger partial charge in [-0.1, -0.05) is 26.7 Å². The number of amides is 1. The van der Waals surface area contributed by atoms with Crippen LogP contribution in [0, 0.1) is 17.8 Å². The molecule has 1 amide bonds. The smallest absolute Gasteiger partial charge is 0.480 e. The van der Waals surface area contributed by atoms with E-state index in [0.717, 1.165) is 25.7 Å². The standard InChI is InChI=1S/C14H24N2O3.C2HF3O2/c1-3-8(2)11(15)13(17)16-7-9-5-4-6-10(9)12(16)14(18)19;3-2(4,5)1(6)7/h8-12H,3-7,15H2,1-2H3,(H,18,19);(H,6,7)/t8-,9+,10+,11+,12+;/m1./s1. The molecule has 1 saturated heterocycles. The lowest BCUT2D eigenvalue weighted by Gasteiger charge is -2.29. The minimum absolute atomic E-state index is 0.0855. The van der Waals surface area contributed by atoms with Crippen LogP contribution in [0.2, 0.25) is 0 Å². The van der Waals surface area contributed by atoms with Gasteiger partial charge >= 0.3 is 18.1 Å². The second kappa shape index (κ2) is 8.70. The molecule has 2 fully saturated rings. The molecule has 0 spiro atoms. The number of carboxylic acids is 2. The Morgan fingerprint density at radius 1 is 1.23 bits per heavy atom. The maximum Gasteiger partial charge on any atom is 0.490 e. The predicted molar refractivity (Wildman–Crippen MR) is 85.1 cm³/mol. The van der Waals surface area contributed by atoms with Crippen molar-refractivity contribution in [2.24, 2.45) is 23.5 Å². The normalized spacial score (nSPS) is 27.2. The summed E-state index contributed by atoms with van der Waals surface area (Å²) >= 11 is 0. The molecule has 5 atom stereocenters. The number of nitrogens with zero attached hydrogens (tertiary/aromatic N) is 1. The van der Waals surface area contributed by atoms with Gasteiger partial charge in [-0.25, -0.2) is 9.59 Å². The molecule has 150 valence electrons. The molecule has 4 N–H and O–H groups in total. The van der Waals surface area contributed by atoms with Gasteiger partial charge in [0.1, 0.15) is 6.04 Å². The molecule has 0 radical (unpaired) electrons. The SMILES string of the molecule is CC[C@@H](C)[C@H](N)C(=O)N1C[C@@H]2CCC[C@@H]2[C@H]1C(=O)O.O=C(O)C(F)(F)F. The Bertz CT molecular complexity index is 540. The number of alkyl halides is 3. The summed E-state index contributed by atoms with van der Waals surface area (Å²) in [7, 11) is 0. The van der Waals surface area contributed by atoms with Crippen molar-refractivity contribution < 1.29 is 37.8 Å². The van der Waals surface area contributed by atoms with Crippen LogP contribution in [0.3, 0.4) is 0 Å². The monoisotopic (exact) mass is 382 g/mol. The summed E-state index contributed by atoms with van der Waals surface area (Å²) in [5.41, 5.74) is 5.98. The zero-order chi connectivity index (χ0) is 20.2. The van der Waals surface area contributed by atoms with Crippen molar-refractivity contribution >= 4 is 17.8 Å². The van der Waals surface area contributed by atoms with E-state index >= 15 is 0 Å². The Morgan fingerprint density at radius 3 is 2.19 bits per heavy atom. The molecule has 1 aliphatic carbocycles. The van der Waals surface area contributed by atoms with Crippen LogP contribution >= 0.6 is 0 Å². The largest absolute Gasteiger partial charge is 0.490 e. The minimum Gasteiger partial charge on any atom is -0.480 e. The third kappa shape index (κ3) is 5.09. The molecule has 0 unspecified atom stereocenters. The number of hydrogen-bond acceptors (Lipinski definition) is 4. The first-order valence-electron chi connectivity index (χ1n) is 8.50. The maximum atomic E-state index is 12.4. The molecule has 26 heavy (non-hydrogen) atoms. The lowest BCUT2D eigenvalue weighted by atomic mass is 9.94. The van der Waals surface area contributed by atoms with Gasteiger partial charge in [-0.05, 0) is 30.6 Å². The molecule has 0 bridgehead atoms. The highest BCUT2D eigenvalue weighted by atomic mass is 19.4. The van der Waals surface area contributed by atoms with Crippen LogP contribution in [-0.4, -0.2) is 57.8 Å². The number of aliphatic carboxylic acids is 2. The average Bonchev–Trinajstić information content (AvgIpc) is 3.12. The summed E-state index contributed by atoms with van der Waals surface area (Å²) < 4.78 is 31.7. The molecular weight excluding hydrogens is 357 g/mol. The van der Waals surface area contributed by atoms with Crippen molar-refractivity contribution in [3.05, 3.63) is 0 Å². The topological polar surface area (TPSA) is 121 Å². The highest BCUT2D eigenvalue weighted by Crippen LogP contribution is 2.42. The summed E-state index contributed by atoms with van der Waals surface area (Å²) in [5.74, 6) is -3.25. The lowest BCUT2D eigenvalue weighted by Crippen LogP contribution is -2.52. The molecule has 0 aromatic heterocycles. The van der Waals surface area contributed by atoms with Crippen molar-refractivity contribution in [2.75, 3.05) is 6.54 Å². The van der Waals surface area contributed by atoms with Crippen molar-refractivity contribution in [3.63, 3.8) is 0 Å². The van der Waals surface area contributed by atoms with E-state index in [4.69, 9.17) is 15.6 Å². The van der Waals surface area contributed by atoms with Gasteiger partial charge < -0.3 is 20.8 Å². The van der Waals surface area contributed by atoms with Crippen LogP contribution in [-0.2, 0) is 14.4 Å². The van der Waals surface area contributed by atoms with Gasteiger partial charge in [-0.2, -0.15) is 13.2 Å². The molecule has 1 aliphatic heterocycles. The summed E-state index contributed by atoms with van der Waals surface area (Å²) in [6.45, 7) is 4.51. The number of likely N-dealkylation sites (tertiary alicyclic amines) is 1. The first-order valence-corrected chi connectivity index (χ1v) is 8.50. The Kier molecular flexibility index (Phi) is 7.43. The van der Waals surface area contributed by atoms with Crippen LogP contribution in [0.4, 0.5) is 13.2 Å². The Morgan fingerprint density at radius 2 is 1.77 bits per heavy atom. The highest BCUT2D eigenvalue weighted by molar-refractivity contribution is 5.88. The van der Waals surface area contributed by atoms with E-state index < -0.39 is 30.2 Å². The third-order valence-corrected chi connectivity index (χ3v) is 5.21. The summed E-state index contributed by atoms with van der Waals surface area (Å²) in [6.07, 6.45) is -1.22. The fraction of sp³-hybridized carbons (Fsp3) is 0.812. The maximum absolute atomic E-state index is 12.4. The van der Waals surface area contributed by atoms with Gasteiger partial charge in [-0.15, -0.1) is 0 Å². The van der Waals surface area contributed by atoms with E-state index in [1.807, 2.05) is 13.8 Å². The Labute approximate surface area is 149 Å². The molecule has 0 aromatic carbocycles. The second-order valence-corrected chi connectivity index (χ2v) is 6.84. The van der Waals surface area contributed by atoms with E-state index in [1.54, 1.807) is 0 Å². The van der Waals surface area contributed by atoms with Gasteiger partial charge in [-0.3, -0.25) is 4.79 Å². The first kappa shape index (κ1) is 22.2. The van der Waals surface area contributed by atoms with Gasteiger partial charge in [0, 0.05) is 6.54 Å². The number of carboxylic acid groups (broad SMARTS) is 2. The van der Waals surface area contributed by atoms with Crippen LogP contribution in [0.15, 0.2) is 0 Å². The van der Waals surface area contributed by atoms with Crippen LogP contribution in [0.5, 0.6) is 0 Å². The minimum atomic E-state index is -5.08. The molecule has 1 saturated carbocycles. The van der Waals surface area contributed by atoms with Gasteiger partial charge in [0.05, 0.1) is 6.04 Å². The van der Waals surface area contributed by atoms with E-state index in [9.17, 15) is 27.9 Å². The van der Waals surface area contributed by atoms with Crippen LogP contribution < -0.4 is 5.73 Å².